The molecule has 2 saturated heterocycles. The molecule has 4 fully saturated rings. The first kappa shape index (κ1) is 48.1. The Balaban J connectivity index is 0.916. The summed E-state index contributed by atoms with van der Waals surface area (Å²) in [6, 6.07) is 14.2. The van der Waals surface area contributed by atoms with E-state index in [0.717, 1.165) is 47.6 Å². The highest BCUT2D eigenvalue weighted by atomic mass is 16.5. The van der Waals surface area contributed by atoms with Crippen molar-refractivity contribution in [2.24, 2.45) is 28.6 Å². The fourth-order valence-corrected chi connectivity index (χ4v) is 14.0. The van der Waals surface area contributed by atoms with Crippen molar-refractivity contribution in [1.29, 1.82) is 0 Å². The molecule has 72 heavy (non-hydrogen) atoms. The molecule has 4 amide bonds. The molecule has 4 N–H and O–H groups in total. The van der Waals surface area contributed by atoms with Crippen LogP contribution in [0.2, 0.25) is 0 Å². The predicted molar refractivity (Wildman–Crippen MR) is 277 cm³/mol. The Morgan fingerprint density at radius 1 is 0.681 bits per heavy atom. The molecule has 2 aromatic heterocycles. The first-order chi connectivity index (χ1) is 34.3. The molecule has 2 saturated carbocycles. The minimum atomic E-state index is -0.714. The Kier molecular flexibility index (Phi) is 11.9. The highest BCUT2D eigenvalue weighted by molar-refractivity contribution is 5.90. The lowest BCUT2D eigenvalue weighted by molar-refractivity contribution is -0.136. The number of imidazole rings is 2. The molecule has 3 aromatic carbocycles. The van der Waals surface area contributed by atoms with E-state index in [0.29, 0.717) is 36.8 Å². The molecule has 6 aliphatic rings. The van der Waals surface area contributed by atoms with Crippen molar-refractivity contribution in [2.75, 3.05) is 27.3 Å². The third-order valence-electron chi connectivity index (χ3n) is 17.6. The number of carbonyl (C=O) groups is 4. The van der Waals surface area contributed by atoms with Gasteiger partial charge < -0.3 is 39.9 Å². The lowest BCUT2D eigenvalue weighted by atomic mass is 9.72. The van der Waals surface area contributed by atoms with Crippen molar-refractivity contribution in [2.45, 2.75) is 149 Å². The predicted octanol–water partition coefficient (Wildman–Crippen LogP) is 11.1. The number of hydrogen-bond acceptors (Lipinski definition) is 8. The SMILES string of the molecule is COC(=O)N[C@H](C(=O)N1CC(C)(C)C[C@H]1c1ncc(-c2ccc(-c3ccc(-c4ccc5nc([C@@H]6CC(C)(C)CN6C(=O)[C@@H](NC(=O)OC)C(C)C)[nH]c5c4)c4c3C3CCC4C3)c3c2CC2CCC32)[nH]1)C(C)C. The van der Waals surface area contributed by atoms with E-state index in [2.05, 4.69) is 90.8 Å². The van der Waals surface area contributed by atoms with Crippen LogP contribution in [0.5, 0.6) is 0 Å². The number of H-pyrrole nitrogens is 2. The molecule has 0 radical (unpaired) electrons. The van der Waals surface area contributed by atoms with Gasteiger partial charge in [-0.15, -0.1) is 0 Å². The van der Waals surface area contributed by atoms with Crippen LogP contribution < -0.4 is 10.6 Å². The van der Waals surface area contributed by atoms with Crippen LogP contribution in [0.1, 0.15) is 164 Å². The number of likely N-dealkylation sites (tertiary alicyclic amines) is 2. The summed E-state index contributed by atoms with van der Waals surface area (Å²) in [6.45, 7) is 17.6. The number of nitrogens with one attached hydrogen (secondary N) is 4. The third-order valence-corrected chi connectivity index (χ3v) is 17.6. The maximum Gasteiger partial charge on any atom is 0.407 e. The number of amides is 4. The molecule has 0 spiro atoms. The zero-order valence-electron chi connectivity index (χ0n) is 43.7. The molecule has 5 aromatic rings. The summed E-state index contributed by atoms with van der Waals surface area (Å²) in [5, 5.41) is 5.58. The third kappa shape index (κ3) is 8.15. The van der Waals surface area contributed by atoms with E-state index in [-0.39, 0.29) is 46.6 Å². The molecule has 14 nitrogen and oxygen atoms in total. The number of benzene rings is 3. The average molecular weight is 977 g/mol. The summed E-state index contributed by atoms with van der Waals surface area (Å²) >= 11 is 0. The Bertz CT molecular complexity index is 3000. The summed E-state index contributed by atoms with van der Waals surface area (Å²) in [7, 11) is 2.64. The molecule has 14 heteroatoms. The fourth-order valence-electron chi connectivity index (χ4n) is 14.0. The zero-order valence-corrected chi connectivity index (χ0v) is 43.7. The highest BCUT2D eigenvalue weighted by Crippen LogP contribution is 2.61. The number of fused-ring (bicyclic) bond motifs is 9. The molecule has 2 aliphatic heterocycles. The number of ether oxygens (including phenoxy) is 2. The maximum absolute atomic E-state index is 14.2. The number of rotatable bonds is 11. The van der Waals surface area contributed by atoms with Crippen molar-refractivity contribution < 1.29 is 28.7 Å². The van der Waals surface area contributed by atoms with Gasteiger partial charge in [0.05, 0.1) is 49.2 Å². The van der Waals surface area contributed by atoms with Crippen molar-refractivity contribution in [3.63, 3.8) is 0 Å². The number of methoxy groups -OCH3 is 2. The number of carbonyl (C=O) groups excluding carboxylic acids is 4. The van der Waals surface area contributed by atoms with E-state index in [1.165, 1.54) is 96.4 Å². The monoisotopic (exact) mass is 977 g/mol. The van der Waals surface area contributed by atoms with Gasteiger partial charge in [0.15, 0.2) is 0 Å². The Morgan fingerprint density at radius 2 is 1.24 bits per heavy atom. The summed E-state index contributed by atoms with van der Waals surface area (Å²) in [5.74, 6) is 3.29. The lowest BCUT2D eigenvalue weighted by Crippen LogP contribution is -2.51. The first-order valence-corrected chi connectivity index (χ1v) is 26.5. The highest BCUT2D eigenvalue weighted by Gasteiger charge is 2.48. The van der Waals surface area contributed by atoms with Crippen LogP contribution in [0, 0.1) is 28.6 Å². The van der Waals surface area contributed by atoms with Crippen LogP contribution in [-0.2, 0) is 25.5 Å². The number of alkyl carbamates (subject to hydrolysis) is 2. The molecular weight excluding hydrogens is 905 g/mol. The van der Waals surface area contributed by atoms with Crippen molar-refractivity contribution in [3.8, 4) is 33.5 Å². The van der Waals surface area contributed by atoms with E-state index in [1.54, 1.807) is 0 Å². The fraction of sp³-hybridized carbons (Fsp3) is 0.552. The Morgan fingerprint density at radius 3 is 1.81 bits per heavy atom. The molecule has 380 valence electrons. The van der Waals surface area contributed by atoms with Gasteiger partial charge in [-0.1, -0.05) is 85.7 Å². The van der Waals surface area contributed by atoms with Crippen molar-refractivity contribution in [1.82, 2.24) is 40.4 Å². The molecule has 8 atom stereocenters. The second-order valence-electron chi connectivity index (χ2n) is 24.3. The van der Waals surface area contributed by atoms with Crippen molar-refractivity contribution >= 4 is 35.0 Å². The van der Waals surface area contributed by atoms with Gasteiger partial charge in [0.2, 0.25) is 11.8 Å². The van der Waals surface area contributed by atoms with Crippen molar-refractivity contribution in [3.05, 3.63) is 82.6 Å². The largest absolute Gasteiger partial charge is 0.453 e. The van der Waals surface area contributed by atoms with Crippen LogP contribution in [0.15, 0.2) is 48.7 Å². The van der Waals surface area contributed by atoms with Gasteiger partial charge in [0.25, 0.3) is 0 Å². The van der Waals surface area contributed by atoms with Gasteiger partial charge in [0, 0.05) is 18.7 Å². The van der Waals surface area contributed by atoms with Crippen LogP contribution in [0.25, 0.3) is 44.5 Å². The minimum absolute atomic E-state index is 0.118. The number of aromatic amines is 2. The second kappa shape index (κ2) is 17.8. The summed E-state index contributed by atoms with van der Waals surface area (Å²) < 4.78 is 9.78. The maximum atomic E-state index is 14.2. The Labute approximate surface area is 423 Å². The topological polar surface area (TPSA) is 175 Å². The Hall–Kier alpha value is -6.18. The van der Waals surface area contributed by atoms with E-state index >= 15 is 0 Å². The molecule has 11 rings (SSSR count). The van der Waals surface area contributed by atoms with Gasteiger partial charge in [-0.25, -0.2) is 19.6 Å². The van der Waals surface area contributed by atoms with Crippen LogP contribution >= 0.6 is 0 Å². The summed E-state index contributed by atoms with van der Waals surface area (Å²) in [4.78, 5) is 74.4. The summed E-state index contributed by atoms with van der Waals surface area (Å²) in [5.41, 5.74) is 15.0. The van der Waals surface area contributed by atoms with Crippen LogP contribution in [0.4, 0.5) is 9.59 Å². The standard InChI is InChI=1S/C58H72N8O6/c1-29(2)49(63-55(69)71-9)53(67)65-27-57(5,6)24-44(65)51-59-26-43(62-51)37-17-19-39(48-36-15-13-31(36)22-40(37)48)38-18-16-35(46-33-11-12-34(21-33)47(38)46)32-14-20-41-42(23-32)61-52(60-41)45-25-58(7,8)28-66(45)54(68)50(30(3)4)64-56(70)72-10/h14,16-20,23,26,29-31,33-34,36,44-45,49-50H,11-13,15,21-22,24-25,27-28H2,1-10H3,(H,59,62)(H,60,61)(H,63,69)(H,64,70)/t31?,33?,34?,36?,44-,45-,49-,50-/m0/s1. The minimum Gasteiger partial charge on any atom is -0.453 e. The van der Waals surface area contributed by atoms with E-state index in [9.17, 15) is 19.2 Å². The summed E-state index contributed by atoms with van der Waals surface area (Å²) in [6.07, 6.45) is 9.37. The number of hydrogen-bond donors (Lipinski definition) is 4. The molecular formula is C58H72N8O6. The van der Waals surface area contributed by atoms with E-state index in [4.69, 9.17) is 19.4 Å². The smallest absolute Gasteiger partial charge is 0.407 e. The van der Waals surface area contributed by atoms with Gasteiger partial charge >= 0.3 is 12.2 Å². The van der Waals surface area contributed by atoms with E-state index in [1.807, 2.05) is 43.7 Å². The van der Waals surface area contributed by atoms with Crippen LogP contribution in [-0.4, -0.2) is 93.1 Å². The molecule has 4 unspecified atom stereocenters. The second-order valence-corrected chi connectivity index (χ2v) is 24.3. The first-order valence-electron chi connectivity index (χ1n) is 26.5. The molecule has 4 aliphatic carbocycles. The normalized spacial score (nSPS) is 25.1. The lowest BCUT2D eigenvalue weighted by Gasteiger charge is -2.32. The van der Waals surface area contributed by atoms with Gasteiger partial charge in [-0.2, -0.15) is 0 Å². The number of aromatic nitrogens is 4. The zero-order chi connectivity index (χ0) is 50.7. The quantitative estimate of drug-likeness (QED) is 0.101. The average Bonchev–Trinajstić information content (AvgIpc) is 4.22. The van der Waals surface area contributed by atoms with Gasteiger partial charge in [0.1, 0.15) is 23.7 Å². The molecule has 2 bridgehead atoms. The number of nitrogens with zero attached hydrogens (tertiary/aromatic N) is 4. The van der Waals surface area contributed by atoms with Crippen LogP contribution in [0.3, 0.4) is 0 Å². The van der Waals surface area contributed by atoms with E-state index < -0.39 is 24.3 Å². The molecule has 4 heterocycles. The van der Waals surface area contributed by atoms with Gasteiger partial charge in [-0.05, 0) is 154 Å². The van der Waals surface area contributed by atoms with Gasteiger partial charge in [-0.3, -0.25) is 9.59 Å².